The minimum absolute atomic E-state index is 0.663. The molecule has 0 aliphatic heterocycles. The molecule has 0 radical (unpaired) electrons. The Kier molecular flexibility index (Phi) is 1.74. The second-order valence-electron chi connectivity index (χ2n) is 5.46. The predicted molar refractivity (Wildman–Crippen MR) is 48.5 cm³/mol. The Morgan fingerprint density at radius 1 is 1.09 bits per heavy atom. The molecule has 3 fully saturated rings. The smallest absolute Gasteiger partial charge is 0.0352 e. The van der Waals surface area contributed by atoms with Gasteiger partial charge < -0.3 is 0 Å². The highest BCUT2D eigenvalue weighted by Crippen LogP contribution is 2.47. The molecule has 0 aromatic carbocycles. The lowest BCUT2D eigenvalue weighted by molar-refractivity contribution is 0.0836. The van der Waals surface area contributed by atoms with Gasteiger partial charge in [-0.2, -0.15) is 0 Å². The van der Waals surface area contributed by atoms with E-state index in [1.54, 1.807) is 12.8 Å². The lowest BCUT2D eigenvalue weighted by Crippen LogP contribution is -2.31. The Labute approximate surface area is 70.4 Å². The first-order valence-corrected chi connectivity index (χ1v) is 5.16. The van der Waals surface area contributed by atoms with Gasteiger partial charge in [0.1, 0.15) is 0 Å². The average molecular weight is 152 g/mol. The summed E-state index contributed by atoms with van der Waals surface area (Å²) in [6.07, 6.45) is 9.11. The quantitative estimate of drug-likeness (QED) is 0.497. The van der Waals surface area contributed by atoms with Crippen molar-refractivity contribution < 1.29 is 0 Å². The Bertz CT molecular complexity index is 137. The van der Waals surface area contributed by atoms with E-state index in [-0.39, 0.29) is 0 Å². The molecule has 11 heavy (non-hydrogen) atoms. The van der Waals surface area contributed by atoms with Crippen molar-refractivity contribution in [2.24, 2.45) is 17.3 Å². The summed E-state index contributed by atoms with van der Waals surface area (Å²) >= 11 is 0. The van der Waals surface area contributed by atoms with E-state index in [1.165, 1.54) is 25.7 Å². The molecule has 0 N–H and O–H groups in total. The second kappa shape index (κ2) is 2.50. The Morgan fingerprint density at radius 3 is 2.55 bits per heavy atom. The van der Waals surface area contributed by atoms with Gasteiger partial charge in [-0.25, -0.2) is 0 Å². The molecular formula is C11H20. The van der Waals surface area contributed by atoms with Crippen molar-refractivity contribution in [1.29, 1.82) is 0 Å². The first-order valence-electron chi connectivity index (χ1n) is 5.16. The van der Waals surface area contributed by atoms with E-state index in [4.69, 9.17) is 0 Å². The van der Waals surface area contributed by atoms with Gasteiger partial charge in [-0.1, -0.05) is 26.7 Å². The van der Waals surface area contributed by atoms with Crippen molar-refractivity contribution in [2.45, 2.75) is 52.4 Å². The van der Waals surface area contributed by atoms with Gasteiger partial charge >= 0.3 is 0 Å². The molecule has 0 unspecified atom stereocenters. The summed E-state index contributed by atoms with van der Waals surface area (Å²) in [4.78, 5) is 0. The first kappa shape index (κ1) is 7.64. The predicted octanol–water partition coefficient (Wildman–Crippen LogP) is 3.61. The highest BCUT2D eigenvalue weighted by molar-refractivity contribution is 4.87. The van der Waals surface area contributed by atoms with Crippen LogP contribution in [0.15, 0.2) is 0 Å². The van der Waals surface area contributed by atoms with Gasteiger partial charge in [0.05, 0.1) is 0 Å². The molecule has 64 valence electrons. The van der Waals surface area contributed by atoms with Crippen molar-refractivity contribution in [3.05, 3.63) is 0 Å². The van der Waals surface area contributed by atoms with Crippen molar-refractivity contribution in [3.63, 3.8) is 0 Å². The maximum absolute atomic E-state index is 2.45. The number of hydrogen-bond acceptors (Lipinski definition) is 0. The van der Waals surface area contributed by atoms with Crippen LogP contribution in [0.25, 0.3) is 0 Å². The summed E-state index contributed by atoms with van der Waals surface area (Å²) in [7, 11) is 0. The third-order valence-electron chi connectivity index (χ3n) is 3.64. The monoisotopic (exact) mass is 152 g/mol. The van der Waals surface area contributed by atoms with E-state index in [0.29, 0.717) is 5.41 Å². The minimum Gasteiger partial charge on any atom is -0.0599 e. The highest BCUT2D eigenvalue weighted by Gasteiger charge is 2.35. The van der Waals surface area contributed by atoms with Crippen LogP contribution in [-0.4, -0.2) is 0 Å². The van der Waals surface area contributed by atoms with Crippen molar-refractivity contribution in [2.75, 3.05) is 0 Å². The number of fused-ring (bicyclic) bond motifs is 4. The van der Waals surface area contributed by atoms with E-state index in [1.807, 2.05) is 0 Å². The molecule has 0 aromatic heterocycles. The maximum atomic E-state index is 2.45. The third kappa shape index (κ3) is 1.60. The molecule has 0 aromatic rings. The first-order chi connectivity index (χ1) is 5.16. The lowest BCUT2D eigenvalue weighted by atomic mass is 9.62. The van der Waals surface area contributed by atoms with E-state index < -0.39 is 0 Å². The Morgan fingerprint density at radius 2 is 1.82 bits per heavy atom. The van der Waals surface area contributed by atoms with Gasteiger partial charge in [0.2, 0.25) is 0 Å². The largest absolute Gasteiger partial charge is 0.0599 e. The molecule has 0 heterocycles. The van der Waals surface area contributed by atoms with E-state index in [9.17, 15) is 0 Å². The highest BCUT2D eigenvalue weighted by atomic mass is 14.4. The van der Waals surface area contributed by atoms with Gasteiger partial charge in [0, 0.05) is 0 Å². The SMILES string of the molecule is CC1(C)CCCC2CC(C2)C1. The van der Waals surface area contributed by atoms with E-state index >= 15 is 0 Å². The molecule has 0 spiro atoms. The van der Waals surface area contributed by atoms with Crippen molar-refractivity contribution >= 4 is 0 Å². The summed E-state index contributed by atoms with van der Waals surface area (Å²) in [5.41, 5.74) is 0.663. The summed E-state index contributed by atoms with van der Waals surface area (Å²) in [6.45, 7) is 4.90. The standard InChI is InChI=1S/C11H20/c1-11(2)5-3-4-9-6-10(7-9)8-11/h9-10H,3-8H2,1-2H3. The zero-order valence-corrected chi connectivity index (χ0v) is 7.90. The molecule has 0 amide bonds. The van der Waals surface area contributed by atoms with Crippen LogP contribution < -0.4 is 0 Å². The minimum atomic E-state index is 0.663. The number of hydrogen-bond donors (Lipinski definition) is 0. The molecule has 0 saturated heterocycles. The lowest BCUT2D eigenvalue weighted by Gasteiger charge is -2.43. The van der Waals surface area contributed by atoms with Crippen LogP contribution >= 0.6 is 0 Å². The zero-order chi connectivity index (χ0) is 7.90. The summed E-state index contributed by atoms with van der Waals surface area (Å²) in [5.74, 6) is 2.24. The fourth-order valence-corrected chi connectivity index (χ4v) is 3.03. The van der Waals surface area contributed by atoms with Crippen LogP contribution in [-0.2, 0) is 0 Å². The molecule has 3 rings (SSSR count). The average Bonchev–Trinajstić information content (AvgIpc) is 1.76. The molecule has 3 aliphatic rings. The molecule has 3 saturated carbocycles. The fraction of sp³-hybridized carbons (Fsp3) is 1.00. The van der Waals surface area contributed by atoms with Gasteiger partial charge in [0.15, 0.2) is 0 Å². The zero-order valence-electron chi connectivity index (χ0n) is 7.90. The van der Waals surface area contributed by atoms with Crippen molar-refractivity contribution in [1.82, 2.24) is 0 Å². The van der Waals surface area contributed by atoms with Crippen LogP contribution in [0.3, 0.4) is 0 Å². The van der Waals surface area contributed by atoms with Crippen molar-refractivity contribution in [3.8, 4) is 0 Å². The molecular weight excluding hydrogens is 132 g/mol. The molecule has 0 heteroatoms. The summed E-state index contributed by atoms with van der Waals surface area (Å²) < 4.78 is 0. The molecule has 2 bridgehead atoms. The van der Waals surface area contributed by atoms with Crippen LogP contribution in [0.1, 0.15) is 52.4 Å². The van der Waals surface area contributed by atoms with Crippen LogP contribution in [0.4, 0.5) is 0 Å². The molecule has 3 aliphatic carbocycles. The van der Waals surface area contributed by atoms with Crippen LogP contribution in [0.2, 0.25) is 0 Å². The second-order valence-corrected chi connectivity index (χ2v) is 5.46. The van der Waals surface area contributed by atoms with Gasteiger partial charge in [0.25, 0.3) is 0 Å². The van der Waals surface area contributed by atoms with Gasteiger partial charge in [-0.15, -0.1) is 0 Å². The normalized spacial score (nSPS) is 42.0. The fourth-order valence-electron chi connectivity index (χ4n) is 3.03. The summed E-state index contributed by atoms with van der Waals surface area (Å²) in [6, 6.07) is 0. The topological polar surface area (TPSA) is 0 Å². The Hall–Kier alpha value is 0. The maximum Gasteiger partial charge on any atom is -0.0352 e. The third-order valence-corrected chi connectivity index (χ3v) is 3.64. The van der Waals surface area contributed by atoms with Crippen LogP contribution in [0.5, 0.6) is 0 Å². The Balaban J connectivity index is 1.96. The van der Waals surface area contributed by atoms with E-state index in [0.717, 1.165) is 11.8 Å². The van der Waals surface area contributed by atoms with Gasteiger partial charge in [-0.3, -0.25) is 0 Å². The van der Waals surface area contributed by atoms with E-state index in [2.05, 4.69) is 13.8 Å². The summed E-state index contributed by atoms with van der Waals surface area (Å²) in [5, 5.41) is 0. The molecule has 0 atom stereocenters. The van der Waals surface area contributed by atoms with Crippen LogP contribution in [0, 0.1) is 17.3 Å². The molecule has 0 nitrogen and oxygen atoms in total. The van der Waals surface area contributed by atoms with Gasteiger partial charge in [-0.05, 0) is 42.9 Å². The number of rotatable bonds is 0.